The molecule has 0 saturated heterocycles. The summed E-state index contributed by atoms with van der Waals surface area (Å²) in [5, 5.41) is 9.97. The van der Waals surface area contributed by atoms with Gasteiger partial charge < -0.3 is 10.8 Å². The number of aliphatic hydroxyl groups is 1. The highest BCUT2D eigenvalue weighted by Crippen LogP contribution is 2.28. The van der Waals surface area contributed by atoms with Gasteiger partial charge in [0.25, 0.3) is 0 Å². The van der Waals surface area contributed by atoms with Gasteiger partial charge in [-0.25, -0.2) is 0 Å². The standard InChI is InChI=1S/C10H13Cl2NO/c1-2-6-3-8(11)9(12)4-7(6)10(13)5-14/h3-4,10,14H,2,5,13H2,1H3/t10-/m1/s1. The average molecular weight is 234 g/mol. The van der Waals surface area contributed by atoms with Crippen LogP contribution >= 0.6 is 23.2 Å². The van der Waals surface area contributed by atoms with Crippen molar-refractivity contribution in [2.45, 2.75) is 19.4 Å². The van der Waals surface area contributed by atoms with Crippen LogP contribution in [0.3, 0.4) is 0 Å². The highest BCUT2D eigenvalue weighted by Gasteiger charge is 2.11. The third kappa shape index (κ3) is 2.39. The zero-order valence-corrected chi connectivity index (χ0v) is 9.44. The van der Waals surface area contributed by atoms with Gasteiger partial charge in [0.1, 0.15) is 0 Å². The second kappa shape index (κ2) is 4.99. The fourth-order valence-electron chi connectivity index (χ4n) is 1.35. The van der Waals surface area contributed by atoms with Gasteiger partial charge in [0.2, 0.25) is 0 Å². The van der Waals surface area contributed by atoms with Crippen LogP contribution in [0.25, 0.3) is 0 Å². The molecule has 0 aromatic heterocycles. The Bertz CT molecular complexity index is 328. The van der Waals surface area contributed by atoms with E-state index in [4.69, 9.17) is 34.0 Å². The second-order valence-corrected chi connectivity index (χ2v) is 3.92. The van der Waals surface area contributed by atoms with Crippen molar-refractivity contribution in [1.29, 1.82) is 0 Å². The lowest BCUT2D eigenvalue weighted by molar-refractivity contribution is 0.267. The minimum atomic E-state index is -0.389. The first-order chi connectivity index (χ1) is 6.60. The lowest BCUT2D eigenvalue weighted by Gasteiger charge is -2.14. The van der Waals surface area contributed by atoms with E-state index >= 15 is 0 Å². The lowest BCUT2D eigenvalue weighted by atomic mass is 9.99. The van der Waals surface area contributed by atoms with Crippen LogP contribution in [0.2, 0.25) is 10.0 Å². The van der Waals surface area contributed by atoms with Crippen LogP contribution in [0.5, 0.6) is 0 Å². The summed E-state index contributed by atoms with van der Waals surface area (Å²) in [7, 11) is 0. The van der Waals surface area contributed by atoms with E-state index in [0.717, 1.165) is 17.5 Å². The Hall–Kier alpha value is -0.280. The predicted molar refractivity (Wildman–Crippen MR) is 59.9 cm³/mol. The minimum absolute atomic E-state index is 0.0923. The van der Waals surface area contributed by atoms with Crippen molar-refractivity contribution in [2.24, 2.45) is 5.73 Å². The number of hydrogen-bond donors (Lipinski definition) is 2. The summed E-state index contributed by atoms with van der Waals surface area (Å²) in [5.74, 6) is 0. The molecule has 4 heteroatoms. The first-order valence-electron chi connectivity index (χ1n) is 4.44. The molecular formula is C10H13Cl2NO. The summed E-state index contributed by atoms with van der Waals surface area (Å²) in [5.41, 5.74) is 7.63. The molecular weight excluding hydrogens is 221 g/mol. The first-order valence-corrected chi connectivity index (χ1v) is 5.20. The van der Waals surface area contributed by atoms with Gasteiger partial charge in [-0.1, -0.05) is 30.1 Å². The summed E-state index contributed by atoms with van der Waals surface area (Å²) in [6.45, 7) is 1.91. The van der Waals surface area contributed by atoms with Gasteiger partial charge in [-0.15, -0.1) is 0 Å². The van der Waals surface area contributed by atoms with Crippen molar-refractivity contribution in [3.8, 4) is 0 Å². The smallest absolute Gasteiger partial charge is 0.0624 e. The Labute approximate surface area is 93.6 Å². The normalized spacial score (nSPS) is 12.9. The molecule has 0 spiro atoms. The summed E-state index contributed by atoms with van der Waals surface area (Å²) >= 11 is 11.8. The third-order valence-electron chi connectivity index (χ3n) is 2.16. The lowest BCUT2D eigenvalue weighted by Crippen LogP contribution is -2.16. The molecule has 0 amide bonds. The minimum Gasteiger partial charge on any atom is -0.394 e. The van der Waals surface area contributed by atoms with E-state index in [9.17, 15) is 0 Å². The molecule has 78 valence electrons. The highest BCUT2D eigenvalue weighted by molar-refractivity contribution is 6.42. The first kappa shape index (κ1) is 11.8. The van der Waals surface area contributed by atoms with E-state index in [-0.39, 0.29) is 12.6 Å². The fraction of sp³-hybridized carbons (Fsp3) is 0.400. The highest BCUT2D eigenvalue weighted by atomic mass is 35.5. The Morgan fingerprint density at radius 1 is 1.36 bits per heavy atom. The molecule has 0 unspecified atom stereocenters. The maximum absolute atomic E-state index is 8.97. The zero-order valence-electron chi connectivity index (χ0n) is 7.93. The Kier molecular flexibility index (Phi) is 4.20. The molecule has 0 fully saturated rings. The molecule has 3 N–H and O–H groups in total. The number of aliphatic hydroxyl groups excluding tert-OH is 1. The molecule has 1 aromatic carbocycles. The van der Waals surface area contributed by atoms with Crippen LogP contribution in [0.4, 0.5) is 0 Å². The van der Waals surface area contributed by atoms with Gasteiger partial charge in [-0.3, -0.25) is 0 Å². The topological polar surface area (TPSA) is 46.2 Å². The molecule has 1 rings (SSSR count). The fourth-order valence-corrected chi connectivity index (χ4v) is 1.71. The van der Waals surface area contributed by atoms with Crippen molar-refractivity contribution in [1.82, 2.24) is 0 Å². The van der Waals surface area contributed by atoms with Crippen molar-refractivity contribution >= 4 is 23.2 Å². The van der Waals surface area contributed by atoms with Gasteiger partial charge in [-0.2, -0.15) is 0 Å². The van der Waals surface area contributed by atoms with Gasteiger partial charge in [-0.05, 0) is 29.7 Å². The summed E-state index contributed by atoms with van der Waals surface area (Å²) in [6.07, 6.45) is 0.819. The number of aryl methyl sites for hydroxylation is 1. The molecule has 1 atom stereocenters. The van der Waals surface area contributed by atoms with Crippen LogP contribution in [-0.4, -0.2) is 11.7 Å². The Balaban J connectivity index is 3.19. The van der Waals surface area contributed by atoms with Crippen molar-refractivity contribution in [2.75, 3.05) is 6.61 Å². The monoisotopic (exact) mass is 233 g/mol. The second-order valence-electron chi connectivity index (χ2n) is 3.11. The van der Waals surface area contributed by atoms with E-state index in [2.05, 4.69) is 0 Å². The molecule has 0 radical (unpaired) electrons. The van der Waals surface area contributed by atoms with E-state index < -0.39 is 0 Å². The molecule has 1 aromatic rings. The van der Waals surface area contributed by atoms with Gasteiger partial charge in [0, 0.05) is 0 Å². The molecule has 14 heavy (non-hydrogen) atoms. The van der Waals surface area contributed by atoms with Gasteiger partial charge in [0.15, 0.2) is 0 Å². The SMILES string of the molecule is CCc1cc(Cl)c(Cl)cc1[C@H](N)CO. The zero-order chi connectivity index (χ0) is 10.7. The van der Waals surface area contributed by atoms with Crippen molar-refractivity contribution < 1.29 is 5.11 Å². The van der Waals surface area contributed by atoms with Crippen LogP contribution < -0.4 is 5.73 Å². The van der Waals surface area contributed by atoms with E-state index in [1.165, 1.54) is 0 Å². The average Bonchev–Trinajstić information content (AvgIpc) is 2.20. The molecule has 0 aliphatic rings. The third-order valence-corrected chi connectivity index (χ3v) is 2.88. The summed E-state index contributed by atoms with van der Waals surface area (Å²) in [6, 6.07) is 3.14. The molecule has 0 bridgehead atoms. The summed E-state index contributed by atoms with van der Waals surface area (Å²) in [4.78, 5) is 0. The molecule has 0 aliphatic carbocycles. The van der Waals surface area contributed by atoms with Crippen LogP contribution in [0.15, 0.2) is 12.1 Å². The Morgan fingerprint density at radius 3 is 2.43 bits per heavy atom. The van der Waals surface area contributed by atoms with Gasteiger partial charge in [0.05, 0.1) is 22.7 Å². The molecule has 2 nitrogen and oxygen atoms in total. The molecule has 0 aliphatic heterocycles. The van der Waals surface area contributed by atoms with E-state index in [1.807, 2.05) is 6.92 Å². The number of hydrogen-bond acceptors (Lipinski definition) is 2. The number of nitrogens with two attached hydrogens (primary N) is 1. The molecule has 0 saturated carbocycles. The molecule has 0 heterocycles. The van der Waals surface area contributed by atoms with E-state index in [1.54, 1.807) is 12.1 Å². The van der Waals surface area contributed by atoms with Gasteiger partial charge >= 0.3 is 0 Å². The number of benzene rings is 1. The van der Waals surface area contributed by atoms with E-state index in [0.29, 0.717) is 10.0 Å². The predicted octanol–water partition coefficient (Wildman–Crippen LogP) is 2.55. The van der Waals surface area contributed by atoms with Crippen molar-refractivity contribution in [3.05, 3.63) is 33.3 Å². The van der Waals surface area contributed by atoms with Crippen LogP contribution in [0, 0.1) is 0 Å². The van der Waals surface area contributed by atoms with Crippen LogP contribution in [-0.2, 0) is 6.42 Å². The van der Waals surface area contributed by atoms with Crippen molar-refractivity contribution in [3.63, 3.8) is 0 Å². The number of halogens is 2. The van der Waals surface area contributed by atoms with Crippen LogP contribution in [0.1, 0.15) is 24.1 Å². The Morgan fingerprint density at radius 2 is 1.93 bits per heavy atom. The maximum atomic E-state index is 8.97. The number of rotatable bonds is 3. The summed E-state index contributed by atoms with van der Waals surface area (Å²) < 4.78 is 0. The maximum Gasteiger partial charge on any atom is 0.0624 e. The largest absolute Gasteiger partial charge is 0.394 e. The quantitative estimate of drug-likeness (QED) is 0.844.